The SMILES string of the molecule is O=COC[C@@H]1O[C@H](OC=O)[C@H](Nc2ccccc2)[C@@H](OC=O)[C@H]1OC=O. The summed E-state index contributed by atoms with van der Waals surface area (Å²) >= 11 is 0. The number of carbonyl (C=O) groups excluding carboxylic acids is 4. The molecule has 2 rings (SSSR count). The van der Waals surface area contributed by atoms with Crippen molar-refractivity contribution in [3.8, 4) is 0 Å². The molecule has 0 unspecified atom stereocenters. The first-order valence-electron chi connectivity index (χ1n) is 7.54. The lowest BCUT2D eigenvalue weighted by molar-refractivity contribution is -0.256. The fourth-order valence-corrected chi connectivity index (χ4v) is 2.68. The summed E-state index contributed by atoms with van der Waals surface area (Å²) in [7, 11) is 0. The minimum Gasteiger partial charge on any atom is -0.465 e. The highest BCUT2D eigenvalue weighted by atomic mass is 16.7. The van der Waals surface area contributed by atoms with E-state index in [4.69, 9.17) is 18.9 Å². The highest BCUT2D eigenvalue weighted by molar-refractivity contribution is 5.46. The van der Waals surface area contributed by atoms with E-state index in [-0.39, 0.29) is 32.5 Å². The Balaban J connectivity index is 2.32. The van der Waals surface area contributed by atoms with E-state index >= 15 is 0 Å². The number of para-hydroxylation sites is 1. The maximum atomic E-state index is 11.0. The lowest BCUT2D eigenvalue weighted by Crippen LogP contribution is -2.63. The molecule has 0 aromatic heterocycles. The van der Waals surface area contributed by atoms with Gasteiger partial charge in [0.25, 0.3) is 25.9 Å². The average Bonchev–Trinajstić information content (AvgIpc) is 2.66. The molecule has 0 radical (unpaired) electrons. The van der Waals surface area contributed by atoms with Crippen molar-refractivity contribution < 1.29 is 42.9 Å². The number of hydrogen-bond donors (Lipinski definition) is 1. The zero-order valence-corrected chi connectivity index (χ0v) is 13.5. The third kappa shape index (κ3) is 4.70. The molecule has 26 heavy (non-hydrogen) atoms. The number of rotatable bonds is 11. The van der Waals surface area contributed by atoms with E-state index in [1.54, 1.807) is 30.3 Å². The first kappa shape index (κ1) is 19.2. The molecule has 0 saturated carbocycles. The molecule has 10 nitrogen and oxygen atoms in total. The summed E-state index contributed by atoms with van der Waals surface area (Å²) in [6, 6.07) is 7.88. The lowest BCUT2D eigenvalue weighted by atomic mass is 9.96. The highest BCUT2D eigenvalue weighted by Gasteiger charge is 2.50. The van der Waals surface area contributed by atoms with Crippen LogP contribution >= 0.6 is 0 Å². The summed E-state index contributed by atoms with van der Waals surface area (Å²) < 4.78 is 25.2. The van der Waals surface area contributed by atoms with Gasteiger partial charge in [0, 0.05) is 5.69 Å². The molecule has 1 aromatic carbocycles. The Morgan fingerprint density at radius 2 is 1.54 bits per heavy atom. The van der Waals surface area contributed by atoms with Crippen LogP contribution in [0.15, 0.2) is 30.3 Å². The Morgan fingerprint density at radius 1 is 0.885 bits per heavy atom. The monoisotopic (exact) mass is 367 g/mol. The predicted octanol–water partition coefficient (Wildman–Crippen LogP) is -0.379. The van der Waals surface area contributed by atoms with E-state index in [2.05, 4.69) is 10.1 Å². The number of hydrogen-bond acceptors (Lipinski definition) is 10. The van der Waals surface area contributed by atoms with Crippen molar-refractivity contribution >= 4 is 31.6 Å². The molecule has 1 saturated heterocycles. The third-order valence-corrected chi connectivity index (χ3v) is 3.70. The maximum absolute atomic E-state index is 11.0. The van der Waals surface area contributed by atoms with Crippen LogP contribution in [0.1, 0.15) is 0 Å². The zero-order valence-electron chi connectivity index (χ0n) is 13.5. The second-order valence-electron chi connectivity index (χ2n) is 5.13. The smallest absolute Gasteiger partial charge is 0.295 e. The van der Waals surface area contributed by atoms with Crippen LogP contribution in [0, 0.1) is 0 Å². The van der Waals surface area contributed by atoms with Gasteiger partial charge in [0.15, 0.2) is 12.2 Å². The number of benzene rings is 1. The van der Waals surface area contributed by atoms with Gasteiger partial charge < -0.3 is 29.0 Å². The first-order valence-corrected chi connectivity index (χ1v) is 7.54. The molecule has 10 heteroatoms. The van der Waals surface area contributed by atoms with E-state index in [1.165, 1.54) is 0 Å². The van der Waals surface area contributed by atoms with Crippen molar-refractivity contribution in [3.05, 3.63) is 30.3 Å². The maximum Gasteiger partial charge on any atom is 0.295 e. The molecule has 1 aliphatic rings. The van der Waals surface area contributed by atoms with Gasteiger partial charge in [-0.3, -0.25) is 19.2 Å². The minimum atomic E-state index is -1.20. The van der Waals surface area contributed by atoms with Crippen LogP contribution in [-0.2, 0) is 42.9 Å². The summed E-state index contributed by atoms with van der Waals surface area (Å²) in [5.74, 6) is 0. The van der Waals surface area contributed by atoms with E-state index in [0.29, 0.717) is 5.69 Å². The van der Waals surface area contributed by atoms with Crippen molar-refractivity contribution in [2.45, 2.75) is 30.6 Å². The lowest BCUT2D eigenvalue weighted by Gasteiger charge is -2.43. The van der Waals surface area contributed by atoms with Crippen LogP contribution in [0.3, 0.4) is 0 Å². The average molecular weight is 367 g/mol. The van der Waals surface area contributed by atoms with Crippen molar-refractivity contribution in [2.24, 2.45) is 0 Å². The van der Waals surface area contributed by atoms with Crippen molar-refractivity contribution in [1.82, 2.24) is 0 Å². The van der Waals surface area contributed by atoms with E-state index in [9.17, 15) is 19.2 Å². The van der Waals surface area contributed by atoms with Gasteiger partial charge in [-0.05, 0) is 12.1 Å². The summed E-state index contributed by atoms with van der Waals surface area (Å²) in [5, 5.41) is 3.02. The third-order valence-electron chi connectivity index (χ3n) is 3.70. The summed E-state index contributed by atoms with van der Waals surface area (Å²) in [6.07, 6.45) is -4.42. The molecule has 1 aliphatic heterocycles. The number of anilines is 1. The number of nitrogens with one attached hydrogen (secondary N) is 1. The molecule has 1 heterocycles. The minimum absolute atomic E-state index is 0.156. The Hall–Kier alpha value is -3.14. The summed E-state index contributed by atoms with van der Waals surface area (Å²) in [5.41, 5.74) is 0.618. The van der Waals surface area contributed by atoms with E-state index in [1.807, 2.05) is 0 Å². The van der Waals surface area contributed by atoms with Gasteiger partial charge in [0.1, 0.15) is 18.8 Å². The van der Waals surface area contributed by atoms with E-state index < -0.39 is 30.6 Å². The van der Waals surface area contributed by atoms with Crippen LogP contribution in [0.2, 0.25) is 0 Å². The van der Waals surface area contributed by atoms with Gasteiger partial charge in [-0.2, -0.15) is 0 Å². The second-order valence-corrected chi connectivity index (χ2v) is 5.13. The molecule has 5 atom stereocenters. The quantitative estimate of drug-likeness (QED) is 0.408. The summed E-state index contributed by atoms with van der Waals surface area (Å²) in [4.78, 5) is 43.2. The second kappa shape index (κ2) is 9.99. The number of ether oxygens (including phenoxy) is 5. The molecule has 0 spiro atoms. The first-order chi connectivity index (χ1) is 12.7. The van der Waals surface area contributed by atoms with Crippen LogP contribution in [0.4, 0.5) is 5.69 Å². The molecule has 1 fully saturated rings. The molecule has 1 aromatic rings. The largest absolute Gasteiger partial charge is 0.465 e. The fourth-order valence-electron chi connectivity index (χ4n) is 2.68. The standard InChI is InChI=1S/C16H17NO9/c18-7-22-6-12-14(23-8-19)15(24-9-20)13(16(26-12)25-10-21)17-11-4-2-1-3-5-11/h1-5,7-10,12-17H,6H2/t12-,13+,14-,15+,16-/m0/s1. The van der Waals surface area contributed by atoms with Crippen molar-refractivity contribution in [1.29, 1.82) is 0 Å². The number of carbonyl (C=O) groups is 4. The van der Waals surface area contributed by atoms with Gasteiger partial charge in [0.05, 0.1) is 0 Å². The molecular weight excluding hydrogens is 350 g/mol. The van der Waals surface area contributed by atoms with Crippen LogP contribution in [0.5, 0.6) is 0 Å². The Kier molecular flexibility index (Phi) is 7.37. The van der Waals surface area contributed by atoms with Gasteiger partial charge in [-0.15, -0.1) is 0 Å². The molecule has 0 bridgehead atoms. The highest BCUT2D eigenvalue weighted by Crippen LogP contribution is 2.28. The van der Waals surface area contributed by atoms with Crippen molar-refractivity contribution in [3.63, 3.8) is 0 Å². The Bertz CT molecular complexity index is 597. The van der Waals surface area contributed by atoms with E-state index in [0.717, 1.165) is 0 Å². The van der Waals surface area contributed by atoms with Gasteiger partial charge in [-0.25, -0.2) is 0 Å². The normalized spacial score (nSPS) is 27.5. The van der Waals surface area contributed by atoms with Gasteiger partial charge >= 0.3 is 0 Å². The fraction of sp³-hybridized carbons (Fsp3) is 0.375. The molecule has 0 aliphatic carbocycles. The van der Waals surface area contributed by atoms with Crippen molar-refractivity contribution in [2.75, 3.05) is 11.9 Å². The van der Waals surface area contributed by atoms with Crippen LogP contribution in [-0.4, -0.2) is 63.1 Å². The topological polar surface area (TPSA) is 126 Å². The Morgan fingerprint density at radius 3 is 2.15 bits per heavy atom. The molecular formula is C16H17NO9. The summed E-state index contributed by atoms with van der Waals surface area (Å²) in [6.45, 7) is 0.370. The predicted molar refractivity (Wildman–Crippen MR) is 83.6 cm³/mol. The van der Waals surface area contributed by atoms with Crippen LogP contribution < -0.4 is 5.32 Å². The Labute approximate surface area is 148 Å². The van der Waals surface area contributed by atoms with Crippen LogP contribution in [0.25, 0.3) is 0 Å². The molecule has 0 amide bonds. The zero-order chi connectivity index (χ0) is 18.8. The van der Waals surface area contributed by atoms with Gasteiger partial charge in [-0.1, -0.05) is 18.2 Å². The molecule has 140 valence electrons. The van der Waals surface area contributed by atoms with Gasteiger partial charge in [0.2, 0.25) is 6.29 Å². The molecule has 1 N–H and O–H groups in total.